The monoisotopic (exact) mass is 289 g/mol. The average Bonchev–Trinajstić information content (AvgIpc) is 3.02. The number of nitrogens with one attached hydrogen (secondary N) is 2. The highest BCUT2D eigenvalue weighted by Crippen LogP contribution is 2.22. The number of amides is 1. The molecule has 3 aromatic rings. The van der Waals surface area contributed by atoms with Gasteiger partial charge in [-0.2, -0.15) is 0 Å². The van der Waals surface area contributed by atoms with Crippen LogP contribution in [0.2, 0.25) is 0 Å². The summed E-state index contributed by atoms with van der Waals surface area (Å²) in [5.41, 5.74) is 1.91. The fourth-order valence-corrected chi connectivity index (χ4v) is 2.77. The number of nitrogens with zero attached hydrogens (tertiary/aromatic N) is 3. The molecule has 1 aromatic carbocycles. The molecule has 2 heterocycles. The van der Waals surface area contributed by atoms with Crippen molar-refractivity contribution in [2.45, 2.75) is 18.5 Å². The van der Waals surface area contributed by atoms with Crippen LogP contribution < -0.4 is 5.32 Å². The van der Waals surface area contributed by atoms with E-state index in [1.807, 2.05) is 35.6 Å². The predicted molar refractivity (Wildman–Crippen MR) is 78.9 cm³/mol. The number of carbonyl (C=O) groups excluding carboxylic acids is 1. The summed E-state index contributed by atoms with van der Waals surface area (Å²) in [5.74, 6) is 1.08. The van der Waals surface area contributed by atoms with E-state index in [0.717, 1.165) is 22.6 Å². The van der Waals surface area contributed by atoms with E-state index in [1.165, 1.54) is 11.8 Å². The summed E-state index contributed by atoms with van der Waals surface area (Å²) in [7, 11) is 0. The zero-order valence-electron chi connectivity index (χ0n) is 11.1. The molecule has 2 aromatic heterocycles. The molecule has 2 N–H and O–H groups in total. The second kappa shape index (κ2) is 5.54. The SMILES string of the molecule is CCCNC(=O)CSc1n[nH]c2nc3ccccc3n12. The number of hydrogen-bond donors (Lipinski definition) is 2. The normalized spacial score (nSPS) is 11.2. The van der Waals surface area contributed by atoms with Crippen LogP contribution in [0.4, 0.5) is 0 Å². The minimum atomic E-state index is 0.0254. The Morgan fingerprint density at radius 1 is 1.45 bits per heavy atom. The Labute approximate surface area is 120 Å². The lowest BCUT2D eigenvalue weighted by atomic mass is 10.3. The van der Waals surface area contributed by atoms with E-state index >= 15 is 0 Å². The highest BCUT2D eigenvalue weighted by Gasteiger charge is 2.12. The Morgan fingerprint density at radius 3 is 3.15 bits per heavy atom. The summed E-state index contributed by atoms with van der Waals surface area (Å²) in [6, 6.07) is 7.86. The van der Waals surface area contributed by atoms with Crippen molar-refractivity contribution in [1.29, 1.82) is 0 Å². The topological polar surface area (TPSA) is 75.1 Å². The lowest BCUT2D eigenvalue weighted by Crippen LogP contribution is -2.25. The van der Waals surface area contributed by atoms with Crippen LogP contribution in [0.3, 0.4) is 0 Å². The smallest absolute Gasteiger partial charge is 0.231 e. The van der Waals surface area contributed by atoms with Crippen molar-refractivity contribution in [2.24, 2.45) is 0 Å². The zero-order chi connectivity index (χ0) is 13.9. The first kappa shape index (κ1) is 13.0. The summed E-state index contributed by atoms with van der Waals surface area (Å²) in [4.78, 5) is 16.1. The van der Waals surface area contributed by atoms with Gasteiger partial charge in [0, 0.05) is 6.54 Å². The Bertz CT molecular complexity index is 747. The third-order valence-corrected chi connectivity index (χ3v) is 3.85. The number of imidazole rings is 1. The summed E-state index contributed by atoms with van der Waals surface area (Å²) >= 11 is 1.40. The number of fused-ring (bicyclic) bond motifs is 3. The van der Waals surface area contributed by atoms with E-state index in [2.05, 4.69) is 20.5 Å². The zero-order valence-corrected chi connectivity index (χ0v) is 11.9. The molecule has 0 atom stereocenters. The summed E-state index contributed by atoms with van der Waals surface area (Å²) in [6.45, 7) is 2.74. The lowest BCUT2D eigenvalue weighted by Gasteiger charge is -2.02. The minimum absolute atomic E-state index is 0.0254. The summed E-state index contributed by atoms with van der Waals surface area (Å²) < 4.78 is 1.94. The molecular formula is C13H15N5OS. The molecule has 0 unspecified atom stereocenters. The molecule has 1 amide bonds. The number of aromatic nitrogens is 4. The van der Waals surface area contributed by atoms with Crippen LogP contribution in [-0.2, 0) is 4.79 Å². The second-order valence-electron chi connectivity index (χ2n) is 4.40. The van der Waals surface area contributed by atoms with E-state index in [-0.39, 0.29) is 5.91 Å². The summed E-state index contributed by atoms with van der Waals surface area (Å²) in [5, 5.41) is 10.7. The van der Waals surface area contributed by atoms with Crippen molar-refractivity contribution in [3.8, 4) is 0 Å². The molecule has 0 spiro atoms. The number of rotatable bonds is 5. The first-order valence-corrected chi connectivity index (χ1v) is 7.49. The maximum atomic E-state index is 11.6. The first-order chi connectivity index (χ1) is 9.79. The molecule has 0 saturated carbocycles. The Kier molecular flexibility index (Phi) is 3.60. The Balaban J connectivity index is 1.83. The lowest BCUT2D eigenvalue weighted by molar-refractivity contribution is -0.118. The van der Waals surface area contributed by atoms with E-state index in [0.29, 0.717) is 18.1 Å². The number of thioether (sulfide) groups is 1. The molecule has 0 saturated heterocycles. The highest BCUT2D eigenvalue weighted by molar-refractivity contribution is 7.99. The van der Waals surface area contributed by atoms with Gasteiger partial charge in [0.25, 0.3) is 0 Å². The van der Waals surface area contributed by atoms with E-state index in [1.54, 1.807) is 0 Å². The fraction of sp³-hybridized carbons (Fsp3) is 0.308. The van der Waals surface area contributed by atoms with Gasteiger partial charge < -0.3 is 5.32 Å². The van der Waals surface area contributed by atoms with Crippen LogP contribution in [0.5, 0.6) is 0 Å². The van der Waals surface area contributed by atoms with Crippen LogP contribution in [0.15, 0.2) is 29.4 Å². The van der Waals surface area contributed by atoms with Crippen LogP contribution in [0, 0.1) is 0 Å². The summed E-state index contributed by atoms with van der Waals surface area (Å²) in [6.07, 6.45) is 0.940. The maximum absolute atomic E-state index is 11.6. The van der Waals surface area contributed by atoms with Crippen molar-refractivity contribution in [2.75, 3.05) is 12.3 Å². The van der Waals surface area contributed by atoms with Gasteiger partial charge in [-0.15, -0.1) is 5.10 Å². The number of para-hydroxylation sites is 2. The van der Waals surface area contributed by atoms with Gasteiger partial charge in [0.2, 0.25) is 11.7 Å². The average molecular weight is 289 g/mol. The van der Waals surface area contributed by atoms with Gasteiger partial charge in [-0.3, -0.25) is 9.20 Å². The van der Waals surface area contributed by atoms with Gasteiger partial charge in [0.05, 0.1) is 16.8 Å². The maximum Gasteiger partial charge on any atom is 0.231 e. The highest BCUT2D eigenvalue weighted by atomic mass is 32.2. The largest absolute Gasteiger partial charge is 0.355 e. The van der Waals surface area contributed by atoms with Crippen LogP contribution >= 0.6 is 11.8 Å². The van der Waals surface area contributed by atoms with Crippen molar-refractivity contribution in [3.63, 3.8) is 0 Å². The molecule has 0 aliphatic carbocycles. The quantitative estimate of drug-likeness (QED) is 0.703. The predicted octanol–water partition coefficient (Wildman–Crippen LogP) is 1.83. The third-order valence-electron chi connectivity index (χ3n) is 2.91. The van der Waals surface area contributed by atoms with Gasteiger partial charge in [-0.05, 0) is 18.6 Å². The molecule has 0 aliphatic rings. The Morgan fingerprint density at radius 2 is 2.30 bits per heavy atom. The minimum Gasteiger partial charge on any atom is -0.355 e. The van der Waals surface area contributed by atoms with Gasteiger partial charge in [0.15, 0.2) is 5.16 Å². The number of hydrogen-bond acceptors (Lipinski definition) is 4. The van der Waals surface area contributed by atoms with E-state index < -0.39 is 0 Å². The molecule has 20 heavy (non-hydrogen) atoms. The van der Waals surface area contributed by atoms with E-state index in [9.17, 15) is 4.79 Å². The molecule has 3 rings (SSSR count). The molecule has 7 heteroatoms. The number of H-pyrrole nitrogens is 1. The van der Waals surface area contributed by atoms with Crippen LogP contribution in [0.1, 0.15) is 13.3 Å². The van der Waals surface area contributed by atoms with Gasteiger partial charge in [-0.25, -0.2) is 10.1 Å². The van der Waals surface area contributed by atoms with Crippen molar-refractivity contribution < 1.29 is 4.79 Å². The van der Waals surface area contributed by atoms with Gasteiger partial charge in [0.1, 0.15) is 0 Å². The number of carbonyl (C=O) groups is 1. The first-order valence-electron chi connectivity index (χ1n) is 6.50. The van der Waals surface area contributed by atoms with Crippen LogP contribution in [0.25, 0.3) is 16.8 Å². The van der Waals surface area contributed by atoms with Crippen LogP contribution in [-0.4, -0.2) is 37.8 Å². The molecule has 0 bridgehead atoms. The molecule has 6 nitrogen and oxygen atoms in total. The third kappa shape index (κ3) is 2.36. The molecule has 0 fully saturated rings. The Hall–Kier alpha value is -2.02. The van der Waals surface area contributed by atoms with Gasteiger partial charge in [-0.1, -0.05) is 30.8 Å². The molecule has 0 aliphatic heterocycles. The number of aromatic amines is 1. The fourth-order valence-electron chi connectivity index (χ4n) is 1.98. The van der Waals surface area contributed by atoms with E-state index in [4.69, 9.17) is 0 Å². The van der Waals surface area contributed by atoms with Gasteiger partial charge >= 0.3 is 0 Å². The number of benzene rings is 1. The molecule has 104 valence electrons. The molecular weight excluding hydrogens is 274 g/mol. The van der Waals surface area contributed by atoms with Crippen molar-refractivity contribution in [1.82, 2.24) is 24.9 Å². The van der Waals surface area contributed by atoms with Crippen molar-refractivity contribution in [3.05, 3.63) is 24.3 Å². The molecule has 0 radical (unpaired) electrons. The standard InChI is InChI=1S/C13H15N5OS/c1-2-7-14-11(19)8-20-13-17-16-12-15-9-5-3-4-6-10(9)18(12)13/h3-6H,2,7-8H2,1H3,(H,14,19)(H,15,16). The second-order valence-corrected chi connectivity index (χ2v) is 5.35. The van der Waals surface area contributed by atoms with Crippen molar-refractivity contribution >= 4 is 34.5 Å².